The molecule has 96 valence electrons. The van der Waals surface area contributed by atoms with Crippen LogP contribution in [0.1, 0.15) is 6.92 Å². The molecule has 0 aliphatic heterocycles. The first-order chi connectivity index (χ1) is 7.91. The van der Waals surface area contributed by atoms with Gasteiger partial charge in [0.05, 0.1) is 6.61 Å². The van der Waals surface area contributed by atoms with Crippen molar-refractivity contribution < 1.29 is 13.2 Å². The molecule has 0 bridgehead atoms. The number of ether oxygens (including phenoxy) is 1. The molecule has 1 aromatic rings. The summed E-state index contributed by atoms with van der Waals surface area (Å²) in [6, 6.07) is 2.70. The molecule has 1 unspecified atom stereocenters. The van der Waals surface area contributed by atoms with E-state index in [1.807, 2.05) is 0 Å². The normalized spacial score (nSPS) is 13.9. The molecule has 17 heavy (non-hydrogen) atoms. The summed E-state index contributed by atoms with van der Waals surface area (Å²) in [4.78, 5) is 3.79. The number of methoxy groups -OCH3 is 1. The minimum atomic E-state index is -3.63. The Labute approximate surface area is 101 Å². The number of anilines is 1. The van der Waals surface area contributed by atoms with Gasteiger partial charge in [-0.15, -0.1) is 0 Å². The van der Waals surface area contributed by atoms with Crippen molar-refractivity contribution in [2.24, 2.45) is 0 Å². The van der Waals surface area contributed by atoms with E-state index >= 15 is 0 Å². The molecule has 0 fully saturated rings. The molecule has 6 nitrogen and oxygen atoms in total. The summed E-state index contributed by atoms with van der Waals surface area (Å²) in [7, 11) is -0.611. The van der Waals surface area contributed by atoms with Crippen LogP contribution in [0, 0.1) is 0 Å². The predicted octanol–water partition coefficient (Wildman–Crippen LogP) is 0.319. The summed E-state index contributed by atoms with van der Waals surface area (Å²) < 4.78 is 30.6. The third-order valence-corrected chi connectivity index (χ3v) is 4.50. The first-order valence-electron chi connectivity index (χ1n) is 5.08. The van der Waals surface area contributed by atoms with Crippen LogP contribution in [-0.4, -0.2) is 44.5 Å². The van der Waals surface area contributed by atoms with Gasteiger partial charge in [0.25, 0.3) is 0 Å². The molecule has 1 heterocycles. The molecule has 1 rings (SSSR count). The van der Waals surface area contributed by atoms with Crippen molar-refractivity contribution in [3.8, 4) is 0 Å². The molecule has 0 aromatic carbocycles. The Bertz CT molecular complexity index is 475. The molecular weight excluding hydrogens is 242 g/mol. The van der Waals surface area contributed by atoms with E-state index in [1.54, 1.807) is 6.92 Å². The zero-order chi connectivity index (χ0) is 13.1. The summed E-state index contributed by atoms with van der Waals surface area (Å²) in [5, 5.41) is 0. The van der Waals surface area contributed by atoms with Crippen molar-refractivity contribution in [3.05, 3.63) is 18.3 Å². The monoisotopic (exact) mass is 259 g/mol. The molecule has 1 aromatic heterocycles. The molecule has 0 spiro atoms. The fourth-order valence-corrected chi connectivity index (χ4v) is 2.77. The van der Waals surface area contributed by atoms with Gasteiger partial charge >= 0.3 is 0 Å². The number of likely N-dealkylation sites (N-methyl/N-ethyl adjacent to an activating group) is 1. The third kappa shape index (κ3) is 2.93. The van der Waals surface area contributed by atoms with Crippen molar-refractivity contribution in [3.63, 3.8) is 0 Å². The van der Waals surface area contributed by atoms with Crippen molar-refractivity contribution in [1.29, 1.82) is 0 Å². The molecule has 0 radical (unpaired) electrons. The van der Waals surface area contributed by atoms with Gasteiger partial charge in [0.2, 0.25) is 10.0 Å². The van der Waals surface area contributed by atoms with Crippen molar-refractivity contribution in [2.45, 2.75) is 17.9 Å². The number of rotatable bonds is 5. The molecule has 0 aliphatic carbocycles. The van der Waals surface area contributed by atoms with Gasteiger partial charge in [-0.25, -0.2) is 13.4 Å². The van der Waals surface area contributed by atoms with Crippen LogP contribution < -0.4 is 5.73 Å². The summed E-state index contributed by atoms with van der Waals surface area (Å²) >= 11 is 0. The highest BCUT2D eigenvalue weighted by Crippen LogP contribution is 2.20. The maximum absolute atomic E-state index is 12.2. The zero-order valence-corrected chi connectivity index (χ0v) is 10.9. The number of nitrogen functional groups attached to an aromatic ring is 1. The fraction of sp³-hybridized carbons (Fsp3) is 0.500. The predicted molar refractivity (Wildman–Crippen MR) is 64.9 cm³/mol. The highest BCUT2D eigenvalue weighted by atomic mass is 32.2. The fourth-order valence-electron chi connectivity index (χ4n) is 1.36. The van der Waals surface area contributed by atoms with Crippen molar-refractivity contribution in [2.75, 3.05) is 26.5 Å². The number of hydrogen-bond donors (Lipinski definition) is 1. The number of pyridine rings is 1. The highest BCUT2D eigenvalue weighted by Gasteiger charge is 2.27. The lowest BCUT2D eigenvalue weighted by molar-refractivity contribution is 0.149. The summed E-state index contributed by atoms with van der Waals surface area (Å²) in [6.45, 7) is 2.07. The Hall–Kier alpha value is -1.18. The van der Waals surface area contributed by atoms with E-state index in [0.29, 0.717) is 6.61 Å². The molecule has 2 N–H and O–H groups in total. The molecule has 0 amide bonds. The zero-order valence-electron chi connectivity index (χ0n) is 10.1. The number of sulfonamides is 1. The van der Waals surface area contributed by atoms with E-state index in [4.69, 9.17) is 10.5 Å². The van der Waals surface area contributed by atoms with Crippen molar-refractivity contribution >= 4 is 15.8 Å². The van der Waals surface area contributed by atoms with Crippen LogP contribution in [-0.2, 0) is 14.8 Å². The van der Waals surface area contributed by atoms with Crippen LogP contribution in [0.15, 0.2) is 23.2 Å². The smallest absolute Gasteiger partial charge is 0.246 e. The average molecular weight is 259 g/mol. The number of nitrogens with two attached hydrogens (primary N) is 1. The van der Waals surface area contributed by atoms with Gasteiger partial charge in [0.1, 0.15) is 10.7 Å². The number of hydrogen-bond acceptors (Lipinski definition) is 5. The quantitative estimate of drug-likeness (QED) is 0.823. The molecule has 7 heteroatoms. The van der Waals surface area contributed by atoms with Gasteiger partial charge in [-0.1, -0.05) is 0 Å². The van der Waals surface area contributed by atoms with E-state index in [0.717, 1.165) is 0 Å². The van der Waals surface area contributed by atoms with Gasteiger partial charge in [-0.2, -0.15) is 4.31 Å². The van der Waals surface area contributed by atoms with E-state index in [1.165, 1.54) is 36.8 Å². The lowest BCUT2D eigenvalue weighted by atomic mass is 10.4. The lowest BCUT2D eigenvalue weighted by Crippen LogP contribution is -2.38. The number of nitrogens with zero attached hydrogens (tertiary/aromatic N) is 2. The Balaban J connectivity index is 3.08. The van der Waals surface area contributed by atoms with Gasteiger partial charge in [0, 0.05) is 26.4 Å². The minimum absolute atomic E-state index is 0.00367. The summed E-state index contributed by atoms with van der Waals surface area (Å²) in [6.07, 6.45) is 1.45. The van der Waals surface area contributed by atoms with Crippen LogP contribution in [0.4, 0.5) is 5.82 Å². The van der Waals surface area contributed by atoms with E-state index < -0.39 is 10.0 Å². The Morgan fingerprint density at radius 3 is 2.76 bits per heavy atom. The maximum Gasteiger partial charge on any atom is 0.246 e. The van der Waals surface area contributed by atoms with Crippen molar-refractivity contribution in [1.82, 2.24) is 9.29 Å². The molecule has 0 aliphatic rings. The second-order valence-corrected chi connectivity index (χ2v) is 5.68. The van der Waals surface area contributed by atoms with Gasteiger partial charge in [0.15, 0.2) is 0 Å². The largest absolute Gasteiger partial charge is 0.383 e. The highest BCUT2D eigenvalue weighted by molar-refractivity contribution is 7.89. The lowest BCUT2D eigenvalue weighted by Gasteiger charge is -2.23. The second-order valence-electron chi connectivity index (χ2n) is 3.71. The van der Waals surface area contributed by atoms with Crippen LogP contribution in [0.5, 0.6) is 0 Å². The molecule has 0 saturated heterocycles. The second kappa shape index (κ2) is 5.44. The Morgan fingerprint density at radius 2 is 2.24 bits per heavy atom. The molecular formula is C10H17N3O3S. The van der Waals surface area contributed by atoms with E-state index in [2.05, 4.69) is 4.98 Å². The number of aromatic nitrogens is 1. The third-order valence-electron chi connectivity index (χ3n) is 2.49. The summed E-state index contributed by atoms with van der Waals surface area (Å²) in [5.41, 5.74) is 5.57. The van der Waals surface area contributed by atoms with Gasteiger partial charge in [-0.3, -0.25) is 0 Å². The first-order valence-corrected chi connectivity index (χ1v) is 6.52. The van der Waals surface area contributed by atoms with E-state index in [-0.39, 0.29) is 16.8 Å². The summed E-state index contributed by atoms with van der Waals surface area (Å²) in [5.74, 6) is 0.00367. The average Bonchev–Trinajstić information content (AvgIpc) is 2.28. The SMILES string of the molecule is COCC(C)N(C)S(=O)(=O)c1cccnc1N. The van der Waals surface area contributed by atoms with E-state index in [9.17, 15) is 8.42 Å². The topological polar surface area (TPSA) is 85.5 Å². The van der Waals surface area contributed by atoms with Crippen LogP contribution in [0.2, 0.25) is 0 Å². The Morgan fingerprint density at radius 1 is 1.59 bits per heavy atom. The standard InChI is InChI=1S/C10H17N3O3S/c1-8(7-16-3)13(2)17(14,15)9-5-4-6-12-10(9)11/h4-6,8H,7H2,1-3H3,(H2,11,12). The molecule has 0 saturated carbocycles. The Kier molecular flexibility index (Phi) is 4.44. The van der Waals surface area contributed by atoms with Gasteiger partial charge < -0.3 is 10.5 Å². The van der Waals surface area contributed by atoms with Crippen LogP contribution >= 0.6 is 0 Å². The van der Waals surface area contributed by atoms with Gasteiger partial charge in [-0.05, 0) is 19.1 Å². The first kappa shape index (κ1) is 13.9. The molecule has 1 atom stereocenters. The van der Waals surface area contributed by atoms with Crippen LogP contribution in [0.25, 0.3) is 0 Å². The van der Waals surface area contributed by atoms with Crippen LogP contribution in [0.3, 0.4) is 0 Å². The minimum Gasteiger partial charge on any atom is -0.383 e. The maximum atomic E-state index is 12.2.